The number of carboxylic acids is 1. The molecule has 1 aromatic rings. The first-order valence-electron chi connectivity index (χ1n) is 6.03. The number of hydrogen-bond donors (Lipinski definition) is 2. The van der Waals surface area contributed by atoms with E-state index in [2.05, 4.69) is 5.32 Å². The van der Waals surface area contributed by atoms with E-state index in [0.29, 0.717) is 34.9 Å². The average molecular weight is 334 g/mol. The zero-order valence-electron chi connectivity index (χ0n) is 10.5. The predicted molar refractivity (Wildman–Crippen MR) is 80.9 cm³/mol. The number of carbonyl (C=O) groups is 2. The minimum atomic E-state index is -1.19. The maximum Gasteiger partial charge on any atom is 0.329 e. The molecule has 0 atom stereocenters. The quantitative estimate of drug-likeness (QED) is 0.892. The van der Waals surface area contributed by atoms with Gasteiger partial charge in [-0.05, 0) is 42.5 Å². The fourth-order valence-corrected chi connectivity index (χ4v) is 3.53. The smallest absolute Gasteiger partial charge is 0.329 e. The summed E-state index contributed by atoms with van der Waals surface area (Å²) in [4.78, 5) is 23.7. The minimum absolute atomic E-state index is 0.267. The highest BCUT2D eigenvalue weighted by Gasteiger charge is 2.41. The van der Waals surface area contributed by atoms with Crippen LogP contribution >= 0.6 is 35.0 Å². The summed E-state index contributed by atoms with van der Waals surface area (Å²) >= 11 is 13.3. The zero-order valence-corrected chi connectivity index (χ0v) is 12.8. The first kappa shape index (κ1) is 15.5. The molecule has 2 rings (SSSR count). The molecule has 0 aliphatic carbocycles. The van der Waals surface area contributed by atoms with Crippen LogP contribution in [0, 0.1) is 0 Å². The van der Waals surface area contributed by atoms with Crippen LogP contribution in [0.4, 0.5) is 0 Å². The normalized spacial score (nSPS) is 17.5. The third kappa shape index (κ3) is 3.22. The molecule has 1 saturated heterocycles. The lowest BCUT2D eigenvalue weighted by Gasteiger charge is -2.33. The van der Waals surface area contributed by atoms with Gasteiger partial charge in [0.2, 0.25) is 0 Å². The Morgan fingerprint density at radius 3 is 2.40 bits per heavy atom. The van der Waals surface area contributed by atoms with E-state index >= 15 is 0 Å². The molecule has 1 amide bonds. The summed E-state index contributed by atoms with van der Waals surface area (Å²) in [6.07, 6.45) is 0.833. The van der Waals surface area contributed by atoms with Crippen molar-refractivity contribution in [2.45, 2.75) is 18.4 Å². The molecule has 2 N–H and O–H groups in total. The highest BCUT2D eigenvalue weighted by molar-refractivity contribution is 7.99. The van der Waals surface area contributed by atoms with E-state index in [9.17, 15) is 14.7 Å². The van der Waals surface area contributed by atoms with Crippen molar-refractivity contribution in [1.82, 2.24) is 5.32 Å². The van der Waals surface area contributed by atoms with Gasteiger partial charge in [0.05, 0.1) is 10.0 Å². The fraction of sp³-hybridized carbons (Fsp3) is 0.385. The number of carbonyl (C=O) groups excluding carboxylic acids is 1. The number of nitrogens with one attached hydrogen (secondary N) is 1. The van der Waals surface area contributed by atoms with Gasteiger partial charge in [-0.25, -0.2) is 4.79 Å². The van der Waals surface area contributed by atoms with Crippen LogP contribution in [0.2, 0.25) is 10.0 Å². The van der Waals surface area contributed by atoms with Crippen LogP contribution in [0.5, 0.6) is 0 Å². The van der Waals surface area contributed by atoms with Crippen LogP contribution in [0.15, 0.2) is 18.2 Å². The Labute approximate surface area is 130 Å². The molecule has 1 fully saturated rings. The molecule has 4 nitrogen and oxygen atoms in total. The molecule has 108 valence electrons. The Kier molecular flexibility index (Phi) is 4.83. The maximum atomic E-state index is 12.2. The second kappa shape index (κ2) is 6.24. The highest BCUT2D eigenvalue weighted by Crippen LogP contribution is 2.28. The number of carboxylic acid groups (broad SMARTS) is 1. The lowest BCUT2D eigenvalue weighted by molar-refractivity contribution is -0.144. The van der Waals surface area contributed by atoms with Crippen LogP contribution in [0.1, 0.15) is 23.2 Å². The molecule has 0 spiro atoms. The molecule has 0 unspecified atom stereocenters. The van der Waals surface area contributed by atoms with Crippen molar-refractivity contribution in [3.05, 3.63) is 33.8 Å². The number of thioether (sulfide) groups is 1. The molecular weight excluding hydrogens is 321 g/mol. The van der Waals surface area contributed by atoms with E-state index in [-0.39, 0.29) is 5.02 Å². The third-order valence-corrected chi connectivity index (χ3v) is 5.01. The van der Waals surface area contributed by atoms with E-state index in [1.54, 1.807) is 11.8 Å². The first-order chi connectivity index (χ1) is 9.44. The summed E-state index contributed by atoms with van der Waals surface area (Å²) < 4.78 is 0. The van der Waals surface area contributed by atoms with Crippen molar-refractivity contribution < 1.29 is 14.7 Å². The largest absolute Gasteiger partial charge is 0.480 e. The SMILES string of the molecule is O=C(NC1(C(=O)O)CCSCC1)c1ccc(Cl)c(Cl)c1. The Hall–Kier alpha value is -0.910. The van der Waals surface area contributed by atoms with Crippen molar-refractivity contribution in [2.24, 2.45) is 0 Å². The molecule has 0 bridgehead atoms. The van der Waals surface area contributed by atoms with Crippen LogP contribution < -0.4 is 5.32 Å². The van der Waals surface area contributed by atoms with E-state index < -0.39 is 17.4 Å². The molecule has 1 aromatic carbocycles. The van der Waals surface area contributed by atoms with E-state index in [0.717, 1.165) is 0 Å². The van der Waals surface area contributed by atoms with Gasteiger partial charge in [0.1, 0.15) is 5.54 Å². The lowest BCUT2D eigenvalue weighted by atomic mass is 9.92. The predicted octanol–water partition coefficient (Wildman–Crippen LogP) is 3.07. The molecular formula is C13H13Cl2NO3S. The fourth-order valence-electron chi connectivity index (χ4n) is 2.04. The van der Waals surface area contributed by atoms with Crippen molar-refractivity contribution in [2.75, 3.05) is 11.5 Å². The van der Waals surface area contributed by atoms with Crippen LogP contribution in [0.25, 0.3) is 0 Å². The number of aliphatic carboxylic acids is 1. The van der Waals surface area contributed by atoms with Gasteiger partial charge in [-0.2, -0.15) is 11.8 Å². The Bertz CT molecular complexity index is 544. The molecule has 1 heterocycles. The summed E-state index contributed by atoms with van der Waals surface area (Å²) in [5.74, 6) is -0.00822. The number of rotatable bonds is 3. The molecule has 0 saturated carbocycles. The van der Waals surface area contributed by atoms with Crippen molar-refractivity contribution >= 4 is 46.8 Å². The molecule has 1 aliphatic rings. The second-order valence-electron chi connectivity index (χ2n) is 4.58. The Morgan fingerprint density at radius 2 is 1.85 bits per heavy atom. The highest BCUT2D eigenvalue weighted by atomic mass is 35.5. The van der Waals surface area contributed by atoms with Gasteiger partial charge < -0.3 is 10.4 Å². The van der Waals surface area contributed by atoms with Gasteiger partial charge in [-0.3, -0.25) is 4.79 Å². The van der Waals surface area contributed by atoms with Gasteiger partial charge in [-0.15, -0.1) is 0 Å². The molecule has 7 heteroatoms. The van der Waals surface area contributed by atoms with Gasteiger partial charge in [0, 0.05) is 5.56 Å². The maximum absolute atomic E-state index is 12.2. The number of benzene rings is 1. The first-order valence-corrected chi connectivity index (χ1v) is 7.94. The summed E-state index contributed by atoms with van der Waals surface area (Å²) in [7, 11) is 0. The van der Waals surface area contributed by atoms with Gasteiger partial charge in [0.25, 0.3) is 5.91 Å². The Morgan fingerprint density at radius 1 is 1.20 bits per heavy atom. The second-order valence-corrected chi connectivity index (χ2v) is 6.62. The van der Waals surface area contributed by atoms with Crippen LogP contribution in [-0.2, 0) is 4.79 Å². The number of hydrogen-bond acceptors (Lipinski definition) is 3. The molecule has 0 aromatic heterocycles. The number of amides is 1. The monoisotopic (exact) mass is 333 g/mol. The van der Waals surface area contributed by atoms with Crippen LogP contribution in [-0.4, -0.2) is 34.0 Å². The van der Waals surface area contributed by atoms with Crippen molar-refractivity contribution in [3.8, 4) is 0 Å². The van der Waals surface area contributed by atoms with E-state index in [1.165, 1.54) is 18.2 Å². The summed E-state index contributed by atoms with van der Waals surface area (Å²) in [6.45, 7) is 0. The molecule has 0 radical (unpaired) electrons. The van der Waals surface area contributed by atoms with Crippen molar-refractivity contribution in [1.29, 1.82) is 0 Å². The zero-order chi connectivity index (χ0) is 14.8. The molecule has 20 heavy (non-hydrogen) atoms. The number of halogens is 2. The lowest BCUT2D eigenvalue weighted by Crippen LogP contribution is -2.56. The molecule has 1 aliphatic heterocycles. The summed E-state index contributed by atoms with van der Waals surface area (Å²) in [6, 6.07) is 4.48. The summed E-state index contributed by atoms with van der Waals surface area (Å²) in [5, 5.41) is 12.7. The summed E-state index contributed by atoms with van der Waals surface area (Å²) in [5.41, 5.74) is -0.882. The van der Waals surface area contributed by atoms with Crippen molar-refractivity contribution in [3.63, 3.8) is 0 Å². The Balaban J connectivity index is 2.20. The van der Waals surface area contributed by atoms with Gasteiger partial charge in [0.15, 0.2) is 0 Å². The van der Waals surface area contributed by atoms with E-state index in [4.69, 9.17) is 23.2 Å². The third-order valence-electron chi connectivity index (χ3n) is 3.29. The van der Waals surface area contributed by atoms with Crippen LogP contribution in [0.3, 0.4) is 0 Å². The van der Waals surface area contributed by atoms with Gasteiger partial charge in [-0.1, -0.05) is 23.2 Å². The minimum Gasteiger partial charge on any atom is -0.480 e. The van der Waals surface area contributed by atoms with E-state index in [1.807, 2.05) is 0 Å². The standard InChI is InChI=1S/C13H13Cl2NO3S/c14-9-2-1-8(7-10(9)15)11(17)16-13(12(18)19)3-5-20-6-4-13/h1-2,7H,3-6H2,(H,16,17)(H,18,19). The van der Waals surface area contributed by atoms with Gasteiger partial charge >= 0.3 is 5.97 Å². The average Bonchev–Trinajstić information content (AvgIpc) is 2.42. The topological polar surface area (TPSA) is 66.4 Å².